The Hall–Kier alpha value is -2.95. The number of carbonyl (C=O) groups is 2. The standard InChI is InChI=1S/C16H23NO.C7H6N2.C2H4O/c1-13-6-5-9-15(12-13)17-16(18)11-10-14-7-3-2-4-8-14;1-2-4-7-6(3-1)8-5-9-7;1-2-3/h2-4,7-8,13,15H,5-6,9-12H2,1H3,(H,17,18);1-5H,(H,8,9);2H,1H3. The van der Waals surface area contributed by atoms with E-state index in [1.165, 1.54) is 25.3 Å². The predicted molar refractivity (Wildman–Crippen MR) is 122 cm³/mol. The largest absolute Gasteiger partial charge is 0.353 e. The van der Waals surface area contributed by atoms with Crippen molar-refractivity contribution in [2.75, 3.05) is 0 Å². The fourth-order valence-corrected chi connectivity index (χ4v) is 3.65. The summed E-state index contributed by atoms with van der Waals surface area (Å²) in [7, 11) is 0. The maximum absolute atomic E-state index is 11.9. The first kappa shape index (κ1) is 23.3. The van der Waals surface area contributed by atoms with Crippen LogP contribution in [0.3, 0.4) is 0 Å². The number of rotatable bonds is 4. The van der Waals surface area contributed by atoms with Gasteiger partial charge in [0, 0.05) is 12.5 Å². The summed E-state index contributed by atoms with van der Waals surface area (Å²) in [5.41, 5.74) is 3.36. The fourth-order valence-electron chi connectivity index (χ4n) is 3.65. The van der Waals surface area contributed by atoms with Gasteiger partial charge in [-0.2, -0.15) is 0 Å². The highest BCUT2D eigenvalue weighted by molar-refractivity contribution is 5.76. The third kappa shape index (κ3) is 8.60. The van der Waals surface area contributed by atoms with E-state index in [1.807, 2.05) is 42.5 Å². The first-order chi connectivity index (χ1) is 14.6. The number of aryl methyl sites for hydroxylation is 1. The molecule has 2 unspecified atom stereocenters. The molecule has 0 aliphatic heterocycles. The van der Waals surface area contributed by atoms with E-state index < -0.39 is 0 Å². The third-order valence-corrected chi connectivity index (χ3v) is 5.11. The molecule has 1 amide bonds. The molecular formula is C25H33N3O2. The van der Waals surface area contributed by atoms with Gasteiger partial charge in [-0.15, -0.1) is 0 Å². The van der Waals surface area contributed by atoms with Gasteiger partial charge in [0.1, 0.15) is 6.29 Å². The van der Waals surface area contributed by atoms with E-state index in [2.05, 4.69) is 34.3 Å². The van der Waals surface area contributed by atoms with Gasteiger partial charge >= 0.3 is 0 Å². The van der Waals surface area contributed by atoms with Gasteiger partial charge in [-0.25, -0.2) is 4.98 Å². The van der Waals surface area contributed by atoms with E-state index in [0.717, 1.165) is 42.5 Å². The Morgan fingerprint density at radius 2 is 1.83 bits per heavy atom. The van der Waals surface area contributed by atoms with Crippen LogP contribution >= 0.6 is 0 Å². The molecule has 0 radical (unpaired) electrons. The lowest BCUT2D eigenvalue weighted by Gasteiger charge is -2.27. The zero-order valence-electron chi connectivity index (χ0n) is 18.0. The van der Waals surface area contributed by atoms with Crippen LogP contribution in [0.4, 0.5) is 0 Å². The number of aldehydes is 1. The number of H-pyrrole nitrogens is 1. The Labute approximate surface area is 179 Å². The minimum atomic E-state index is 0.206. The molecule has 2 N–H and O–H groups in total. The number of nitrogens with one attached hydrogen (secondary N) is 2. The monoisotopic (exact) mass is 407 g/mol. The molecule has 1 saturated carbocycles. The topological polar surface area (TPSA) is 74.8 Å². The number of aromatic amines is 1. The molecule has 0 spiro atoms. The highest BCUT2D eigenvalue weighted by Gasteiger charge is 2.20. The summed E-state index contributed by atoms with van der Waals surface area (Å²) in [4.78, 5) is 27.8. The Morgan fingerprint density at radius 3 is 2.53 bits per heavy atom. The van der Waals surface area contributed by atoms with E-state index in [9.17, 15) is 4.79 Å². The van der Waals surface area contributed by atoms with Crippen molar-refractivity contribution in [3.63, 3.8) is 0 Å². The van der Waals surface area contributed by atoms with Crippen molar-refractivity contribution in [2.45, 2.75) is 58.4 Å². The van der Waals surface area contributed by atoms with Crippen LogP contribution in [-0.4, -0.2) is 28.2 Å². The molecule has 1 aliphatic carbocycles. The van der Waals surface area contributed by atoms with Crippen molar-refractivity contribution in [1.29, 1.82) is 0 Å². The lowest BCUT2D eigenvalue weighted by atomic mass is 9.87. The molecule has 30 heavy (non-hydrogen) atoms. The number of benzene rings is 2. The number of hydrogen-bond acceptors (Lipinski definition) is 3. The van der Waals surface area contributed by atoms with Crippen LogP contribution in [0.25, 0.3) is 11.0 Å². The number of aromatic nitrogens is 2. The Balaban J connectivity index is 0.000000220. The Kier molecular flexibility index (Phi) is 10.3. The second-order valence-corrected chi connectivity index (χ2v) is 7.68. The molecule has 5 heteroatoms. The molecule has 4 rings (SSSR count). The molecular weight excluding hydrogens is 374 g/mol. The number of para-hydroxylation sites is 2. The molecule has 3 aromatic rings. The molecule has 1 aromatic heterocycles. The normalized spacial score (nSPS) is 17.7. The minimum Gasteiger partial charge on any atom is -0.353 e. The average molecular weight is 408 g/mol. The van der Waals surface area contributed by atoms with Crippen molar-refractivity contribution in [1.82, 2.24) is 15.3 Å². The van der Waals surface area contributed by atoms with Gasteiger partial charge in [-0.3, -0.25) is 4.79 Å². The lowest BCUT2D eigenvalue weighted by molar-refractivity contribution is -0.122. The van der Waals surface area contributed by atoms with Crippen molar-refractivity contribution < 1.29 is 9.59 Å². The molecule has 1 aliphatic rings. The smallest absolute Gasteiger partial charge is 0.220 e. The Morgan fingerprint density at radius 1 is 1.13 bits per heavy atom. The van der Waals surface area contributed by atoms with Crippen LogP contribution in [0.15, 0.2) is 60.9 Å². The highest BCUT2D eigenvalue weighted by atomic mass is 16.1. The van der Waals surface area contributed by atoms with Crippen molar-refractivity contribution in [2.24, 2.45) is 5.92 Å². The number of hydrogen-bond donors (Lipinski definition) is 2. The van der Waals surface area contributed by atoms with Crippen LogP contribution in [0, 0.1) is 5.92 Å². The Bertz CT molecular complexity index is 846. The predicted octanol–water partition coefficient (Wildman–Crippen LogP) is 5.08. The molecule has 0 saturated heterocycles. The molecule has 2 aromatic carbocycles. The first-order valence-electron chi connectivity index (χ1n) is 10.7. The molecule has 5 nitrogen and oxygen atoms in total. The third-order valence-electron chi connectivity index (χ3n) is 5.11. The molecule has 0 bridgehead atoms. The van der Waals surface area contributed by atoms with Crippen LogP contribution in [0.1, 0.15) is 51.5 Å². The summed E-state index contributed by atoms with van der Waals surface area (Å²) < 4.78 is 0. The minimum absolute atomic E-state index is 0.206. The van der Waals surface area contributed by atoms with Crippen LogP contribution < -0.4 is 5.32 Å². The number of amides is 1. The summed E-state index contributed by atoms with van der Waals surface area (Å²) >= 11 is 0. The van der Waals surface area contributed by atoms with Gasteiger partial charge in [0.25, 0.3) is 0 Å². The number of nitrogens with zero attached hydrogens (tertiary/aromatic N) is 1. The van der Waals surface area contributed by atoms with Gasteiger partial charge < -0.3 is 15.1 Å². The van der Waals surface area contributed by atoms with Crippen molar-refractivity contribution >= 4 is 23.2 Å². The summed E-state index contributed by atoms with van der Waals surface area (Å²) in [6.07, 6.45) is 8.77. The van der Waals surface area contributed by atoms with Crippen LogP contribution in [0.5, 0.6) is 0 Å². The summed E-state index contributed by atoms with van der Waals surface area (Å²) in [6.45, 7) is 3.72. The van der Waals surface area contributed by atoms with Crippen molar-refractivity contribution in [3.05, 3.63) is 66.5 Å². The van der Waals surface area contributed by atoms with Gasteiger partial charge in [0.05, 0.1) is 17.4 Å². The summed E-state index contributed by atoms with van der Waals surface area (Å²) in [5.74, 6) is 0.969. The SMILES string of the molecule is CC1CCCC(NC(=O)CCc2ccccc2)C1.CC=O.c1ccc2[nH]cnc2c1. The van der Waals surface area contributed by atoms with E-state index in [4.69, 9.17) is 4.79 Å². The zero-order chi connectivity index (χ0) is 21.6. The lowest BCUT2D eigenvalue weighted by Crippen LogP contribution is -2.38. The zero-order valence-corrected chi connectivity index (χ0v) is 18.0. The van der Waals surface area contributed by atoms with Crippen molar-refractivity contribution in [3.8, 4) is 0 Å². The van der Waals surface area contributed by atoms with E-state index >= 15 is 0 Å². The second kappa shape index (κ2) is 13.3. The van der Waals surface area contributed by atoms with Gasteiger partial charge in [-0.05, 0) is 49.8 Å². The maximum Gasteiger partial charge on any atom is 0.220 e. The fraction of sp³-hybridized carbons (Fsp3) is 0.400. The molecule has 160 valence electrons. The van der Waals surface area contributed by atoms with E-state index in [0.29, 0.717) is 12.5 Å². The number of carbonyl (C=O) groups excluding carboxylic acids is 2. The summed E-state index contributed by atoms with van der Waals surface area (Å²) in [5, 5.41) is 3.18. The average Bonchev–Trinajstić information content (AvgIpc) is 3.23. The van der Waals surface area contributed by atoms with E-state index in [1.54, 1.807) is 6.33 Å². The quantitative estimate of drug-likeness (QED) is 0.592. The highest BCUT2D eigenvalue weighted by Crippen LogP contribution is 2.23. The number of fused-ring (bicyclic) bond motifs is 1. The molecule has 1 fully saturated rings. The van der Waals surface area contributed by atoms with Crippen LogP contribution in [0.2, 0.25) is 0 Å². The van der Waals surface area contributed by atoms with Gasteiger partial charge in [0.2, 0.25) is 5.91 Å². The number of imidazole rings is 1. The first-order valence-corrected chi connectivity index (χ1v) is 10.7. The summed E-state index contributed by atoms with van der Waals surface area (Å²) in [6, 6.07) is 18.6. The van der Waals surface area contributed by atoms with Gasteiger partial charge in [-0.1, -0.05) is 62.2 Å². The molecule has 2 atom stereocenters. The van der Waals surface area contributed by atoms with Gasteiger partial charge in [0.15, 0.2) is 0 Å². The second-order valence-electron chi connectivity index (χ2n) is 7.68. The van der Waals surface area contributed by atoms with E-state index in [-0.39, 0.29) is 5.91 Å². The molecule has 1 heterocycles. The van der Waals surface area contributed by atoms with Crippen LogP contribution in [-0.2, 0) is 16.0 Å². The maximum atomic E-state index is 11.9.